The molecule has 2 saturated heterocycles. The maximum atomic E-state index is 13.0. The highest BCUT2D eigenvalue weighted by molar-refractivity contribution is 5.88. The SMILES string of the molecule is O=C1CC2CCCC23N[C@@H]2[C@H](C(=O)N3N1)[C@H]1C=C[C@@H]2C1. The van der Waals surface area contributed by atoms with Gasteiger partial charge in [-0.25, -0.2) is 5.01 Å². The molecule has 2 amide bonds. The molecule has 4 fully saturated rings. The predicted octanol–water partition coefficient (Wildman–Crippen LogP) is 0.540. The molecule has 6 atom stereocenters. The van der Waals surface area contributed by atoms with E-state index < -0.39 is 0 Å². The Morgan fingerprint density at radius 2 is 2.10 bits per heavy atom. The summed E-state index contributed by atoms with van der Waals surface area (Å²) in [4.78, 5) is 24.9. The predicted molar refractivity (Wildman–Crippen MR) is 70.8 cm³/mol. The van der Waals surface area contributed by atoms with E-state index in [1.165, 1.54) is 0 Å². The molecule has 2 N–H and O–H groups in total. The smallest absolute Gasteiger partial charge is 0.248 e. The van der Waals surface area contributed by atoms with E-state index in [9.17, 15) is 9.59 Å². The van der Waals surface area contributed by atoms with Gasteiger partial charge in [0.1, 0.15) is 5.66 Å². The van der Waals surface area contributed by atoms with Crippen LogP contribution in [0.5, 0.6) is 0 Å². The molecule has 2 unspecified atom stereocenters. The van der Waals surface area contributed by atoms with E-state index in [4.69, 9.17) is 0 Å². The summed E-state index contributed by atoms with van der Waals surface area (Å²) in [6, 6.07) is 0.282. The van der Waals surface area contributed by atoms with Gasteiger partial charge in [0.2, 0.25) is 11.8 Å². The fourth-order valence-corrected chi connectivity index (χ4v) is 5.42. The van der Waals surface area contributed by atoms with Gasteiger partial charge in [-0.2, -0.15) is 0 Å². The van der Waals surface area contributed by atoms with Gasteiger partial charge in [-0.05, 0) is 37.5 Å². The van der Waals surface area contributed by atoms with E-state index in [1.54, 1.807) is 5.01 Å². The fourth-order valence-electron chi connectivity index (χ4n) is 5.42. The lowest BCUT2D eigenvalue weighted by Gasteiger charge is -2.56. The largest absolute Gasteiger partial charge is 0.289 e. The average Bonchev–Trinajstić information content (AvgIpc) is 3.10. The molecular formula is C15H19N3O2. The number of hydrogen-bond acceptors (Lipinski definition) is 3. The zero-order chi connectivity index (χ0) is 13.5. The Bertz CT molecular complexity index is 545. The van der Waals surface area contributed by atoms with Crippen molar-refractivity contribution in [1.29, 1.82) is 0 Å². The van der Waals surface area contributed by atoms with Crippen LogP contribution in [0, 0.1) is 23.7 Å². The molecule has 0 radical (unpaired) electrons. The highest BCUT2D eigenvalue weighted by Gasteiger charge is 2.63. The second-order valence-corrected chi connectivity index (χ2v) is 7.07. The molecule has 2 saturated carbocycles. The molecule has 1 spiro atoms. The summed E-state index contributed by atoms with van der Waals surface area (Å²) in [5.74, 6) is 1.32. The molecule has 5 nitrogen and oxygen atoms in total. The minimum Gasteiger partial charge on any atom is -0.289 e. The molecular weight excluding hydrogens is 254 g/mol. The third kappa shape index (κ3) is 1.14. The average molecular weight is 273 g/mol. The number of carbonyl (C=O) groups excluding carboxylic acids is 2. The maximum Gasteiger partial charge on any atom is 0.248 e. The van der Waals surface area contributed by atoms with Crippen molar-refractivity contribution in [3.8, 4) is 0 Å². The first kappa shape index (κ1) is 11.3. The summed E-state index contributed by atoms with van der Waals surface area (Å²) < 4.78 is 0. The number of rotatable bonds is 0. The van der Waals surface area contributed by atoms with Crippen molar-refractivity contribution >= 4 is 11.8 Å². The van der Waals surface area contributed by atoms with Crippen molar-refractivity contribution in [3.05, 3.63) is 12.2 Å². The molecule has 5 aliphatic rings. The highest BCUT2D eigenvalue weighted by atomic mass is 16.2. The summed E-state index contributed by atoms with van der Waals surface area (Å²) in [7, 11) is 0. The topological polar surface area (TPSA) is 61.4 Å². The molecule has 106 valence electrons. The van der Waals surface area contributed by atoms with Crippen LogP contribution in [-0.2, 0) is 9.59 Å². The fraction of sp³-hybridized carbons (Fsp3) is 0.733. The third-order valence-electron chi connectivity index (χ3n) is 6.23. The zero-order valence-corrected chi connectivity index (χ0v) is 11.3. The van der Waals surface area contributed by atoms with Crippen LogP contribution >= 0.6 is 0 Å². The van der Waals surface area contributed by atoms with E-state index in [0.717, 1.165) is 25.7 Å². The van der Waals surface area contributed by atoms with Crippen LogP contribution in [0.3, 0.4) is 0 Å². The van der Waals surface area contributed by atoms with Gasteiger partial charge in [-0.1, -0.05) is 12.2 Å². The second-order valence-electron chi connectivity index (χ2n) is 7.07. The van der Waals surface area contributed by atoms with Crippen molar-refractivity contribution in [2.45, 2.75) is 43.8 Å². The lowest BCUT2D eigenvalue weighted by Crippen LogP contribution is -2.78. The Kier molecular flexibility index (Phi) is 1.95. The zero-order valence-electron chi connectivity index (χ0n) is 11.3. The van der Waals surface area contributed by atoms with Crippen molar-refractivity contribution in [2.75, 3.05) is 0 Å². The number of hydrogen-bond donors (Lipinski definition) is 2. The molecule has 3 aliphatic carbocycles. The van der Waals surface area contributed by atoms with Gasteiger partial charge in [0.05, 0.1) is 5.92 Å². The van der Waals surface area contributed by atoms with Crippen LogP contribution in [0.2, 0.25) is 0 Å². The van der Waals surface area contributed by atoms with Crippen molar-refractivity contribution in [2.24, 2.45) is 23.7 Å². The highest BCUT2D eigenvalue weighted by Crippen LogP contribution is 2.52. The molecule has 5 heteroatoms. The minimum absolute atomic E-state index is 0.000163. The second kappa shape index (κ2) is 3.45. The van der Waals surface area contributed by atoms with Crippen LogP contribution in [0.1, 0.15) is 32.1 Å². The van der Waals surface area contributed by atoms with Gasteiger partial charge in [-0.3, -0.25) is 20.3 Å². The Balaban J connectivity index is 1.60. The van der Waals surface area contributed by atoms with Gasteiger partial charge >= 0.3 is 0 Å². The van der Waals surface area contributed by atoms with E-state index in [0.29, 0.717) is 18.3 Å². The van der Waals surface area contributed by atoms with Gasteiger partial charge in [0.15, 0.2) is 0 Å². The normalized spacial score (nSPS) is 51.8. The molecule has 5 rings (SSSR count). The summed E-state index contributed by atoms with van der Waals surface area (Å²) in [5, 5.41) is 5.50. The summed E-state index contributed by atoms with van der Waals surface area (Å²) >= 11 is 0. The van der Waals surface area contributed by atoms with Crippen LogP contribution in [0.4, 0.5) is 0 Å². The van der Waals surface area contributed by atoms with Gasteiger partial charge in [0, 0.05) is 18.4 Å². The first-order valence-corrected chi connectivity index (χ1v) is 7.79. The Hall–Kier alpha value is -1.36. The first-order valence-electron chi connectivity index (χ1n) is 7.79. The van der Waals surface area contributed by atoms with Crippen LogP contribution < -0.4 is 10.7 Å². The molecule has 20 heavy (non-hydrogen) atoms. The molecule has 0 aromatic rings. The van der Waals surface area contributed by atoms with Crippen LogP contribution in [0.15, 0.2) is 12.2 Å². The van der Waals surface area contributed by atoms with Gasteiger partial charge < -0.3 is 0 Å². The minimum atomic E-state index is -0.301. The van der Waals surface area contributed by atoms with E-state index in [1.807, 2.05) is 0 Å². The summed E-state index contributed by atoms with van der Waals surface area (Å²) in [6.45, 7) is 0. The molecule has 2 aliphatic heterocycles. The molecule has 0 aromatic carbocycles. The van der Waals surface area contributed by atoms with Crippen molar-refractivity contribution in [1.82, 2.24) is 15.8 Å². The van der Waals surface area contributed by atoms with Gasteiger partial charge in [-0.15, -0.1) is 0 Å². The summed E-state index contributed by atoms with van der Waals surface area (Å²) in [6.07, 6.45) is 9.23. The van der Waals surface area contributed by atoms with Crippen LogP contribution in [-0.4, -0.2) is 28.5 Å². The quantitative estimate of drug-likeness (QED) is 0.633. The number of nitrogens with zero attached hydrogens (tertiary/aromatic N) is 1. The Morgan fingerprint density at radius 3 is 3.00 bits per heavy atom. The number of nitrogens with one attached hydrogen (secondary N) is 2. The van der Waals surface area contributed by atoms with Crippen molar-refractivity contribution < 1.29 is 9.59 Å². The van der Waals surface area contributed by atoms with E-state index in [-0.39, 0.29) is 35.4 Å². The molecule has 0 aromatic heterocycles. The number of amides is 2. The number of hydrazine groups is 1. The third-order valence-corrected chi connectivity index (χ3v) is 6.23. The number of allylic oxidation sites excluding steroid dienone is 1. The molecule has 2 bridgehead atoms. The Morgan fingerprint density at radius 1 is 1.25 bits per heavy atom. The maximum absolute atomic E-state index is 13.0. The first-order chi connectivity index (χ1) is 9.69. The Labute approximate surface area is 117 Å². The lowest BCUT2D eigenvalue weighted by molar-refractivity contribution is -0.177. The standard InChI is InChI=1S/C15H19N3O2/c19-11-7-10-2-1-5-15(10)16-13-9-4-3-8(6-9)12(13)14(20)18(15)17-11/h3-4,8-10,12-13,16H,1-2,5-7H2,(H,17,19)/t8-,9+,10?,12+,13-,15?/m0/s1. The lowest BCUT2D eigenvalue weighted by atomic mass is 9.79. The van der Waals surface area contributed by atoms with Gasteiger partial charge in [0.25, 0.3) is 0 Å². The number of carbonyl (C=O) groups is 2. The molecule has 2 heterocycles. The number of fused-ring (bicyclic) bond motifs is 5. The van der Waals surface area contributed by atoms with Crippen molar-refractivity contribution in [3.63, 3.8) is 0 Å². The summed E-state index contributed by atoms with van der Waals surface area (Å²) in [5.41, 5.74) is 2.56. The monoisotopic (exact) mass is 273 g/mol. The van der Waals surface area contributed by atoms with E-state index in [2.05, 4.69) is 22.9 Å². The van der Waals surface area contributed by atoms with Crippen LogP contribution in [0.25, 0.3) is 0 Å². The van der Waals surface area contributed by atoms with E-state index >= 15 is 0 Å².